The summed E-state index contributed by atoms with van der Waals surface area (Å²) in [6, 6.07) is 2.75. The van der Waals surface area contributed by atoms with Crippen molar-refractivity contribution >= 4 is 0 Å². The zero-order valence-electron chi connectivity index (χ0n) is 9.59. The molecule has 1 aromatic rings. The van der Waals surface area contributed by atoms with Crippen molar-refractivity contribution in [3.63, 3.8) is 0 Å². The van der Waals surface area contributed by atoms with Crippen LogP contribution >= 0.6 is 0 Å². The molecule has 1 atom stereocenters. The molecule has 2 heteroatoms. The van der Waals surface area contributed by atoms with Gasteiger partial charge in [0.15, 0.2) is 0 Å². The lowest BCUT2D eigenvalue weighted by Crippen LogP contribution is -2.21. The summed E-state index contributed by atoms with van der Waals surface area (Å²) in [6.07, 6.45) is 7.99. The number of nitrogens with one attached hydrogen (secondary N) is 1. The molecule has 0 aliphatic rings. The molecule has 0 saturated carbocycles. The Hall–Kier alpha value is -0.760. The van der Waals surface area contributed by atoms with Crippen molar-refractivity contribution in [1.82, 2.24) is 9.88 Å². The van der Waals surface area contributed by atoms with Gasteiger partial charge in [0.25, 0.3) is 0 Å². The van der Waals surface area contributed by atoms with Gasteiger partial charge in [0.1, 0.15) is 0 Å². The van der Waals surface area contributed by atoms with Crippen molar-refractivity contribution in [2.24, 2.45) is 7.05 Å². The van der Waals surface area contributed by atoms with E-state index in [1.54, 1.807) is 0 Å². The second-order valence-corrected chi connectivity index (χ2v) is 3.91. The van der Waals surface area contributed by atoms with Gasteiger partial charge in [-0.25, -0.2) is 0 Å². The summed E-state index contributed by atoms with van der Waals surface area (Å²) in [4.78, 5) is 0. The van der Waals surface area contributed by atoms with Gasteiger partial charge in [-0.05, 0) is 31.0 Å². The molecule has 0 aromatic carbocycles. The second kappa shape index (κ2) is 5.86. The number of aromatic nitrogens is 1. The highest BCUT2D eigenvalue weighted by Crippen LogP contribution is 2.18. The minimum Gasteiger partial charge on any atom is -0.357 e. The van der Waals surface area contributed by atoms with Crippen molar-refractivity contribution in [3.05, 3.63) is 24.0 Å². The van der Waals surface area contributed by atoms with E-state index in [4.69, 9.17) is 0 Å². The molecule has 0 radical (unpaired) electrons. The molecule has 0 bridgehead atoms. The van der Waals surface area contributed by atoms with Crippen LogP contribution in [0.2, 0.25) is 0 Å². The van der Waals surface area contributed by atoms with Gasteiger partial charge >= 0.3 is 0 Å². The molecule has 80 valence electrons. The molecule has 0 saturated heterocycles. The summed E-state index contributed by atoms with van der Waals surface area (Å²) in [5.41, 5.74) is 1.42. The van der Waals surface area contributed by atoms with Gasteiger partial charge in [0.05, 0.1) is 0 Å². The number of hydrogen-bond donors (Lipinski definition) is 1. The van der Waals surface area contributed by atoms with Crippen molar-refractivity contribution in [2.45, 2.75) is 39.2 Å². The summed E-state index contributed by atoms with van der Waals surface area (Å²) in [5, 5.41) is 3.59. The Morgan fingerprint density at radius 2 is 2.14 bits per heavy atom. The maximum Gasteiger partial charge on any atom is 0.0335 e. The van der Waals surface area contributed by atoms with Crippen LogP contribution in [0.25, 0.3) is 0 Å². The molecule has 14 heavy (non-hydrogen) atoms. The highest BCUT2D eigenvalue weighted by Gasteiger charge is 2.09. The third-order valence-electron chi connectivity index (χ3n) is 2.48. The first-order valence-electron chi connectivity index (χ1n) is 5.63. The third-order valence-corrected chi connectivity index (χ3v) is 2.48. The van der Waals surface area contributed by atoms with Gasteiger partial charge in [-0.3, -0.25) is 0 Å². The molecule has 0 spiro atoms. The Morgan fingerprint density at radius 1 is 1.36 bits per heavy atom. The van der Waals surface area contributed by atoms with E-state index in [0.29, 0.717) is 6.04 Å². The van der Waals surface area contributed by atoms with Gasteiger partial charge in [-0.15, -0.1) is 0 Å². The van der Waals surface area contributed by atoms with Crippen LogP contribution in [-0.4, -0.2) is 11.1 Å². The average molecular weight is 194 g/mol. The second-order valence-electron chi connectivity index (χ2n) is 3.91. The highest BCUT2D eigenvalue weighted by atomic mass is 14.9. The van der Waals surface area contributed by atoms with Crippen LogP contribution in [0.4, 0.5) is 0 Å². The Morgan fingerprint density at radius 3 is 2.64 bits per heavy atom. The molecule has 0 aliphatic heterocycles. The maximum atomic E-state index is 3.59. The smallest absolute Gasteiger partial charge is 0.0335 e. The summed E-state index contributed by atoms with van der Waals surface area (Å²) in [6.45, 7) is 5.56. The topological polar surface area (TPSA) is 17.0 Å². The number of hydrogen-bond acceptors (Lipinski definition) is 1. The lowest BCUT2D eigenvalue weighted by Gasteiger charge is -2.16. The van der Waals surface area contributed by atoms with Crippen LogP contribution in [0.1, 0.15) is 44.7 Å². The van der Waals surface area contributed by atoms with Crippen LogP contribution in [0.15, 0.2) is 18.5 Å². The van der Waals surface area contributed by atoms with Crippen LogP contribution < -0.4 is 5.32 Å². The van der Waals surface area contributed by atoms with E-state index in [1.165, 1.54) is 24.8 Å². The average Bonchev–Trinajstić information content (AvgIpc) is 2.59. The summed E-state index contributed by atoms with van der Waals surface area (Å²) >= 11 is 0. The van der Waals surface area contributed by atoms with Gasteiger partial charge in [0.2, 0.25) is 0 Å². The first kappa shape index (κ1) is 11.3. The van der Waals surface area contributed by atoms with Crippen LogP contribution in [0.5, 0.6) is 0 Å². The van der Waals surface area contributed by atoms with E-state index in [-0.39, 0.29) is 0 Å². The molecular weight excluding hydrogens is 172 g/mol. The summed E-state index contributed by atoms with van der Waals surface area (Å²) < 4.78 is 2.12. The maximum absolute atomic E-state index is 3.59. The van der Waals surface area contributed by atoms with Crippen molar-refractivity contribution in [3.8, 4) is 0 Å². The Labute approximate surface area is 87.3 Å². The minimum absolute atomic E-state index is 0.543. The molecule has 0 fully saturated rings. The van der Waals surface area contributed by atoms with Crippen LogP contribution in [0, 0.1) is 0 Å². The number of rotatable bonds is 6. The van der Waals surface area contributed by atoms with Crippen molar-refractivity contribution in [2.75, 3.05) is 6.54 Å². The van der Waals surface area contributed by atoms with E-state index in [9.17, 15) is 0 Å². The quantitative estimate of drug-likeness (QED) is 0.737. The Kier molecular flexibility index (Phi) is 4.74. The fraction of sp³-hybridized carbons (Fsp3) is 0.667. The SMILES string of the molecule is CCCNC(CCC)c1ccn(C)c1. The molecule has 1 N–H and O–H groups in total. The first-order valence-corrected chi connectivity index (χ1v) is 5.63. The van der Waals surface area contributed by atoms with Crippen LogP contribution in [-0.2, 0) is 7.05 Å². The largest absolute Gasteiger partial charge is 0.357 e. The van der Waals surface area contributed by atoms with Crippen LogP contribution in [0.3, 0.4) is 0 Å². The zero-order valence-corrected chi connectivity index (χ0v) is 9.59. The van der Waals surface area contributed by atoms with Gasteiger partial charge in [-0.2, -0.15) is 0 Å². The molecule has 0 amide bonds. The first-order chi connectivity index (χ1) is 6.77. The molecule has 1 rings (SSSR count). The van der Waals surface area contributed by atoms with E-state index < -0.39 is 0 Å². The number of nitrogens with zero attached hydrogens (tertiary/aromatic N) is 1. The predicted octanol–water partition coefficient (Wildman–Crippen LogP) is 2.87. The van der Waals surface area contributed by atoms with Gasteiger partial charge < -0.3 is 9.88 Å². The lowest BCUT2D eigenvalue weighted by atomic mass is 10.1. The van der Waals surface area contributed by atoms with Crippen molar-refractivity contribution in [1.29, 1.82) is 0 Å². The Balaban J connectivity index is 2.57. The van der Waals surface area contributed by atoms with E-state index in [0.717, 1.165) is 6.54 Å². The Bertz CT molecular complexity index is 253. The molecule has 1 unspecified atom stereocenters. The molecular formula is C12H22N2. The molecule has 0 aliphatic carbocycles. The molecule has 2 nitrogen and oxygen atoms in total. The van der Waals surface area contributed by atoms with E-state index >= 15 is 0 Å². The monoisotopic (exact) mass is 194 g/mol. The van der Waals surface area contributed by atoms with Crippen molar-refractivity contribution < 1.29 is 0 Å². The number of aryl methyl sites for hydroxylation is 1. The zero-order chi connectivity index (χ0) is 10.4. The standard InChI is InChI=1S/C12H22N2/c1-4-6-12(13-8-5-2)11-7-9-14(3)10-11/h7,9-10,12-13H,4-6,8H2,1-3H3. The fourth-order valence-corrected chi connectivity index (χ4v) is 1.72. The highest BCUT2D eigenvalue weighted by molar-refractivity contribution is 5.15. The summed E-state index contributed by atoms with van der Waals surface area (Å²) in [5.74, 6) is 0. The molecule has 1 heterocycles. The third kappa shape index (κ3) is 3.18. The predicted molar refractivity (Wildman–Crippen MR) is 61.4 cm³/mol. The van der Waals surface area contributed by atoms with E-state index in [1.807, 2.05) is 0 Å². The summed E-state index contributed by atoms with van der Waals surface area (Å²) in [7, 11) is 2.08. The normalized spacial score (nSPS) is 13.1. The fourth-order valence-electron chi connectivity index (χ4n) is 1.72. The minimum atomic E-state index is 0.543. The van der Waals surface area contributed by atoms with Gasteiger partial charge in [-0.1, -0.05) is 20.3 Å². The van der Waals surface area contributed by atoms with E-state index in [2.05, 4.69) is 49.2 Å². The lowest BCUT2D eigenvalue weighted by molar-refractivity contribution is 0.493. The van der Waals surface area contributed by atoms with Gasteiger partial charge in [0, 0.05) is 25.5 Å². The molecule has 1 aromatic heterocycles.